The Labute approximate surface area is 146 Å². The second-order valence-corrected chi connectivity index (χ2v) is 25.4. The molecule has 0 aliphatic carbocycles. The number of unbranched alkanes of at least 4 members (excludes halogenated alkanes) is 3. The third-order valence-electron chi connectivity index (χ3n) is 4.34. The molecule has 132 valence electrons. The van der Waals surface area contributed by atoms with Crippen molar-refractivity contribution < 1.29 is 4.43 Å². The van der Waals surface area contributed by atoms with Crippen molar-refractivity contribution in [2.45, 2.75) is 105 Å². The van der Waals surface area contributed by atoms with Crippen LogP contribution in [0.25, 0.3) is 0 Å². The monoisotopic (exact) mass is 434 g/mol. The molecule has 0 radical (unpaired) electrons. The summed E-state index contributed by atoms with van der Waals surface area (Å²) in [5, 5.41) is 0. The van der Waals surface area contributed by atoms with Gasteiger partial charge in [0.2, 0.25) is 0 Å². The van der Waals surface area contributed by atoms with Crippen LogP contribution >= 0.6 is 0 Å². The zero-order chi connectivity index (χ0) is 17.1. The zero-order valence-electron chi connectivity index (χ0n) is 16.5. The summed E-state index contributed by atoms with van der Waals surface area (Å²) in [5.41, 5.74) is 0. The number of hydrogen-bond donors (Lipinski definition) is 0. The van der Waals surface area contributed by atoms with Gasteiger partial charge >= 0.3 is 147 Å². The molecule has 22 heavy (non-hydrogen) atoms. The van der Waals surface area contributed by atoms with Crippen molar-refractivity contribution in [3.8, 4) is 0 Å². The Morgan fingerprint density at radius 3 is 1.59 bits per heavy atom. The minimum absolute atomic E-state index is 0.313. The molecule has 0 aromatic heterocycles. The van der Waals surface area contributed by atoms with Crippen molar-refractivity contribution in [2.75, 3.05) is 0 Å². The summed E-state index contributed by atoms with van der Waals surface area (Å²) in [4.78, 5) is 0. The van der Waals surface area contributed by atoms with E-state index in [2.05, 4.69) is 57.5 Å². The van der Waals surface area contributed by atoms with Crippen LogP contribution in [0.4, 0.5) is 0 Å². The van der Waals surface area contributed by atoms with E-state index in [4.69, 9.17) is 4.43 Å². The minimum atomic E-state index is -2.09. The second-order valence-electron chi connectivity index (χ2n) is 7.97. The molecule has 0 rings (SSSR count). The van der Waals surface area contributed by atoms with Gasteiger partial charge in [0.15, 0.2) is 0 Å². The standard InChI is InChI=1S/C7H15OSi.3C4H9.Sn/c1-6-7(2)8-9(3,4)5;3*1-3-4-2;/h1,6-7H,2-5H3;3*1,3-4H2,2H3;. The molecular formula is C19H42OSiSn. The second kappa shape index (κ2) is 12.1. The SMILES string of the molecule is CCC[CH2][Sn](/[CH]=C/C(C)O[Si](C)(C)C)([CH2]CCC)[CH2]CCC. The molecule has 0 heterocycles. The molecule has 0 saturated carbocycles. The Balaban J connectivity index is 4.97. The van der Waals surface area contributed by atoms with Gasteiger partial charge in [0.05, 0.1) is 0 Å². The first-order chi connectivity index (χ1) is 10.3. The van der Waals surface area contributed by atoms with E-state index in [-0.39, 0.29) is 0 Å². The summed E-state index contributed by atoms with van der Waals surface area (Å²) in [6, 6.07) is 0. The van der Waals surface area contributed by atoms with Gasteiger partial charge < -0.3 is 0 Å². The van der Waals surface area contributed by atoms with Crippen molar-refractivity contribution in [2.24, 2.45) is 0 Å². The van der Waals surface area contributed by atoms with E-state index < -0.39 is 26.7 Å². The maximum atomic E-state index is 6.23. The molecule has 0 aromatic rings. The van der Waals surface area contributed by atoms with Crippen molar-refractivity contribution in [1.29, 1.82) is 0 Å². The molecule has 0 aliphatic heterocycles. The van der Waals surface area contributed by atoms with Gasteiger partial charge in [-0.05, 0) is 0 Å². The molecule has 1 atom stereocenters. The van der Waals surface area contributed by atoms with Gasteiger partial charge in [0.25, 0.3) is 0 Å². The molecule has 0 fully saturated rings. The van der Waals surface area contributed by atoms with Gasteiger partial charge in [0.1, 0.15) is 0 Å². The average molecular weight is 433 g/mol. The quantitative estimate of drug-likeness (QED) is 0.280. The Bertz CT molecular complexity index is 275. The fourth-order valence-electron chi connectivity index (χ4n) is 3.15. The summed E-state index contributed by atoms with van der Waals surface area (Å²) >= 11 is -2.09. The zero-order valence-corrected chi connectivity index (χ0v) is 20.4. The summed E-state index contributed by atoms with van der Waals surface area (Å²) in [7, 11) is -1.42. The summed E-state index contributed by atoms with van der Waals surface area (Å²) < 4.78 is 13.7. The van der Waals surface area contributed by atoms with Gasteiger partial charge in [-0.15, -0.1) is 0 Å². The first-order valence-corrected chi connectivity index (χ1v) is 20.8. The van der Waals surface area contributed by atoms with Gasteiger partial charge in [0, 0.05) is 0 Å². The van der Waals surface area contributed by atoms with E-state index in [1.807, 2.05) is 0 Å². The fraction of sp³-hybridized carbons (Fsp3) is 0.895. The first kappa shape index (κ1) is 22.7. The molecule has 3 heteroatoms. The third-order valence-corrected chi connectivity index (χ3v) is 19.5. The summed E-state index contributed by atoms with van der Waals surface area (Å²) in [5.74, 6) is 0. The van der Waals surface area contributed by atoms with Crippen molar-refractivity contribution in [1.82, 2.24) is 0 Å². The summed E-state index contributed by atoms with van der Waals surface area (Å²) in [6.45, 7) is 16.1. The predicted octanol–water partition coefficient (Wildman–Crippen LogP) is 7.17. The molecule has 0 amide bonds. The van der Waals surface area contributed by atoms with Crippen molar-refractivity contribution in [3.05, 3.63) is 10.2 Å². The Kier molecular flexibility index (Phi) is 12.5. The molecule has 0 aliphatic rings. The predicted molar refractivity (Wildman–Crippen MR) is 108 cm³/mol. The van der Waals surface area contributed by atoms with Crippen LogP contribution in [0, 0.1) is 0 Å². The van der Waals surface area contributed by atoms with Crippen LogP contribution in [0.15, 0.2) is 10.2 Å². The number of hydrogen-bond acceptors (Lipinski definition) is 1. The molecule has 0 saturated heterocycles. The molecule has 1 unspecified atom stereocenters. The van der Waals surface area contributed by atoms with Crippen LogP contribution in [-0.2, 0) is 4.43 Å². The Morgan fingerprint density at radius 1 is 0.864 bits per heavy atom. The molecule has 0 N–H and O–H groups in total. The van der Waals surface area contributed by atoms with Crippen molar-refractivity contribution >= 4 is 26.7 Å². The van der Waals surface area contributed by atoms with Crippen molar-refractivity contribution in [3.63, 3.8) is 0 Å². The van der Waals surface area contributed by atoms with E-state index in [0.717, 1.165) is 0 Å². The molecule has 1 nitrogen and oxygen atoms in total. The van der Waals surface area contributed by atoms with Crippen LogP contribution < -0.4 is 0 Å². The summed E-state index contributed by atoms with van der Waals surface area (Å²) in [6.07, 6.45) is 11.1. The third kappa shape index (κ3) is 11.3. The van der Waals surface area contributed by atoms with Crippen LogP contribution in [0.3, 0.4) is 0 Å². The van der Waals surface area contributed by atoms with E-state index in [1.165, 1.54) is 38.5 Å². The molecule has 0 spiro atoms. The number of rotatable bonds is 13. The van der Waals surface area contributed by atoms with Gasteiger partial charge in [-0.25, -0.2) is 0 Å². The molecule has 0 bridgehead atoms. The van der Waals surface area contributed by atoms with Gasteiger partial charge in [-0.3, -0.25) is 0 Å². The van der Waals surface area contributed by atoms with Gasteiger partial charge in [-0.2, -0.15) is 0 Å². The van der Waals surface area contributed by atoms with Crippen LogP contribution in [0.1, 0.15) is 66.2 Å². The van der Waals surface area contributed by atoms with Crippen LogP contribution in [-0.4, -0.2) is 32.8 Å². The topological polar surface area (TPSA) is 9.23 Å². The normalized spacial score (nSPS) is 14.7. The molecular weight excluding hydrogens is 391 g/mol. The van der Waals surface area contributed by atoms with E-state index in [9.17, 15) is 0 Å². The maximum absolute atomic E-state index is 6.23. The Morgan fingerprint density at radius 2 is 1.27 bits per heavy atom. The van der Waals surface area contributed by atoms with Crippen LogP contribution in [0.5, 0.6) is 0 Å². The molecule has 0 aromatic carbocycles. The van der Waals surface area contributed by atoms with E-state index in [1.54, 1.807) is 13.3 Å². The fourth-order valence-corrected chi connectivity index (χ4v) is 18.9. The average Bonchev–Trinajstić information content (AvgIpc) is 2.44. The van der Waals surface area contributed by atoms with Crippen LogP contribution in [0.2, 0.25) is 33.0 Å². The van der Waals surface area contributed by atoms with E-state index in [0.29, 0.717) is 6.10 Å². The van der Waals surface area contributed by atoms with E-state index >= 15 is 0 Å². The van der Waals surface area contributed by atoms with Gasteiger partial charge in [-0.1, -0.05) is 0 Å². The Hall–Kier alpha value is 0.716. The first-order valence-electron chi connectivity index (χ1n) is 9.65.